The minimum Gasteiger partial charge on any atom is -0.309 e. The Balaban J connectivity index is 1.63. The molecule has 1 unspecified atom stereocenters. The van der Waals surface area contributed by atoms with E-state index in [-0.39, 0.29) is 11.9 Å². The Morgan fingerprint density at radius 3 is 3.06 bits per heavy atom. The highest BCUT2D eigenvalue weighted by atomic mass is 16.2. The van der Waals surface area contributed by atoms with E-state index in [0.717, 1.165) is 12.2 Å². The van der Waals surface area contributed by atoms with Crippen molar-refractivity contribution in [2.24, 2.45) is 0 Å². The number of rotatable bonds is 3. The van der Waals surface area contributed by atoms with Gasteiger partial charge in [-0.3, -0.25) is 15.2 Å². The van der Waals surface area contributed by atoms with E-state index in [1.807, 2.05) is 18.2 Å². The first-order chi connectivity index (χ1) is 7.83. The van der Waals surface area contributed by atoms with Crippen LogP contribution in [0.4, 0.5) is 5.82 Å². The molecule has 5 heteroatoms. The zero-order valence-electron chi connectivity index (χ0n) is 8.86. The molecule has 2 heterocycles. The molecule has 1 saturated carbocycles. The molecule has 3 rings (SSSR count). The van der Waals surface area contributed by atoms with E-state index in [1.54, 1.807) is 0 Å². The van der Waals surface area contributed by atoms with Crippen LogP contribution in [0.15, 0.2) is 18.2 Å². The molecule has 84 valence electrons. The maximum atomic E-state index is 11.7. The molecule has 1 aliphatic heterocycles. The van der Waals surface area contributed by atoms with Gasteiger partial charge in [-0.2, -0.15) is 5.10 Å². The van der Waals surface area contributed by atoms with Crippen LogP contribution in [0.25, 0.3) is 0 Å². The van der Waals surface area contributed by atoms with Crippen molar-refractivity contribution in [1.82, 2.24) is 15.5 Å². The number of carbonyl (C=O) groups excluding carboxylic acids is 1. The summed E-state index contributed by atoms with van der Waals surface area (Å²) in [4.78, 5) is 11.7. The highest BCUT2D eigenvalue weighted by molar-refractivity contribution is 5.95. The molecule has 1 amide bonds. The summed E-state index contributed by atoms with van der Waals surface area (Å²) in [6, 6.07) is 1.71. The van der Waals surface area contributed by atoms with Crippen LogP contribution in [0, 0.1) is 0 Å². The SMILES string of the molecule is O=C(Nc1cc(C2CC2)n[nH]1)C1C=CCN1. The van der Waals surface area contributed by atoms with E-state index in [4.69, 9.17) is 0 Å². The van der Waals surface area contributed by atoms with Crippen molar-refractivity contribution < 1.29 is 4.79 Å². The lowest BCUT2D eigenvalue weighted by atomic mass is 10.3. The molecule has 0 radical (unpaired) electrons. The second-order valence-corrected chi connectivity index (χ2v) is 4.28. The summed E-state index contributed by atoms with van der Waals surface area (Å²) in [5.74, 6) is 1.25. The molecule has 0 spiro atoms. The second-order valence-electron chi connectivity index (χ2n) is 4.28. The lowest BCUT2D eigenvalue weighted by Gasteiger charge is -2.07. The van der Waals surface area contributed by atoms with E-state index in [0.29, 0.717) is 11.7 Å². The lowest BCUT2D eigenvalue weighted by Crippen LogP contribution is -2.35. The third kappa shape index (κ3) is 1.86. The van der Waals surface area contributed by atoms with Crippen molar-refractivity contribution in [1.29, 1.82) is 0 Å². The van der Waals surface area contributed by atoms with Crippen molar-refractivity contribution in [3.8, 4) is 0 Å². The van der Waals surface area contributed by atoms with E-state index in [9.17, 15) is 4.79 Å². The van der Waals surface area contributed by atoms with Crippen molar-refractivity contribution >= 4 is 11.7 Å². The summed E-state index contributed by atoms with van der Waals surface area (Å²) in [6.07, 6.45) is 6.25. The van der Waals surface area contributed by atoms with Crippen LogP contribution in [-0.2, 0) is 4.79 Å². The van der Waals surface area contributed by atoms with Crippen LogP contribution in [0.1, 0.15) is 24.5 Å². The Morgan fingerprint density at radius 1 is 1.50 bits per heavy atom. The van der Waals surface area contributed by atoms with Crippen molar-refractivity contribution in [3.63, 3.8) is 0 Å². The average molecular weight is 218 g/mol. The van der Waals surface area contributed by atoms with Crippen LogP contribution >= 0.6 is 0 Å². The summed E-state index contributed by atoms with van der Waals surface area (Å²) < 4.78 is 0. The number of aromatic nitrogens is 2. The van der Waals surface area contributed by atoms with Gasteiger partial charge in [-0.15, -0.1) is 0 Å². The number of nitrogens with zero attached hydrogens (tertiary/aromatic N) is 1. The minimum absolute atomic E-state index is 0.0419. The maximum absolute atomic E-state index is 11.7. The Morgan fingerprint density at radius 2 is 2.38 bits per heavy atom. The molecule has 2 aliphatic rings. The Kier molecular flexibility index (Phi) is 2.25. The van der Waals surface area contributed by atoms with Gasteiger partial charge in [-0.05, 0) is 12.8 Å². The molecule has 0 bridgehead atoms. The average Bonchev–Trinajstić information content (AvgIpc) is 2.82. The third-order valence-corrected chi connectivity index (χ3v) is 2.92. The molecule has 0 aromatic carbocycles. The van der Waals surface area contributed by atoms with Crippen LogP contribution in [0.2, 0.25) is 0 Å². The minimum atomic E-state index is -0.215. The first-order valence-corrected chi connectivity index (χ1v) is 5.59. The number of aromatic amines is 1. The number of hydrogen-bond donors (Lipinski definition) is 3. The Labute approximate surface area is 93.3 Å². The van der Waals surface area contributed by atoms with Crippen LogP contribution in [0.5, 0.6) is 0 Å². The van der Waals surface area contributed by atoms with Gasteiger partial charge >= 0.3 is 0 Å². The summed E-state index contributed by atoms with van der Waals surface area (Å²) in [6.45, 7) is 0.758. The van der Waals surface area contributed by atoms with Gasteiger partial charge in [0.05, 0.1) is 5.69 Å². The van der Waals surface area contributed by atoms with Gasteiger partial charge in [0, 0.05) is 18.5 Å². The van der Waals surface area contributed by atoms with E-state index in [1.165, 1.54) is 12.8 Å². The Bertz CT molecular complexity index is 433. The molecule has 1 fully saturated rings. The monoisotopic (exact) mass is 218 g/mol. The van der Waals surface area contributed by atoms with Gasteiger partial charge in [0.1, 0.15) is 11.9 Å². The van der Waals surface area contributed by atoms with Gasteiger partial charge in [0.25, 0.3) is 0 Å². The van der Waals surface area contributed by atoms with E-state index in [2.05, 4.69) is 20.8 Å². The van der Waals surface area contributed by atoms with Gasteiger partial charge in [0.15, 0.2) is 0 Å². The lowest BCUT2D eigenvalue weighted by molar-refractivity contribution is -0.116. The molecule has 1 aromatic rings. The summed E-state index contributed by atoms with van der Waals surface area (Å²) in [5.41, 5.74) is 1.06. The van der Waals surface area contributed by atoms with E-state index < -0.39 is 0 Å². The van der Waals surface area contributed by atoms with Gasteiger partial charge in [0.2, 0.25) is 5.91 Å². The number of amides is 1. The zero-order chi connectivity index (χ0) is 11.0. The van der Waals surface area contributed by atoms with Crippen molar-refractivity contribution in [2.45, 2.75) is 24.8 Å². The first-order valence-electron chi connectivity index (χ1n) is 5.59. The molecule has 1 aromatic heterocycles. The molecule has 1 aliphatic carbocycles. The number of carbonyl (C=O) groups is 1. The first kappa shape index (κ1) is 9.59. The number of hydrogen-bond acceptors (Lipinski definition) is 3. The van der Waals surface area contributed by atoms with Crippen molar-refractivity contribution in [2.75, 3.05) is 11.9 Å². The summed E-state index contributed by atoms with van der Waals surface area (Å²) >= 11 is 0. The van der Waals surface area contributed by atoms with Crippen LogP contribution < -0.4 is 10.6 Å². The smallest absolute Gasteiger partial charge is 0.246 e. The fourth-order valence-electron chi connectivity index (χ4n) is 1.85. The highest BCUT2D eigenvalue weighted by Gasteiger charge is 2.26. The molecule has 1 atom stereocenters. The fourth-order valence-corrected chi connectivity index (χ4v) is 1.85. The molecule has 16 heavy (non-hydrogen) atoms. The molecular weight excluding hydrogens is 204 g/mol. The second kappa shape index (κ2) is 3.75. The molecule has 0 saturated heterocycles. The van der Waals surface area contributed by atoms with E-state index >= 15 is 0 Å². The zero-order valence-corrected chi connectivity index (χ0v) is 8.86. The molecular formula is C11H14N4O. The third-order valence-electron chi connectivity index (χ3n) is 2.92. The fraction of sp³-hybridized carbons (Fsp3) is 0.455. The topological polar surface area (TPSA) is 69.8 Å². The molecule has 3 N–H and O–H groups in total. The molecule has 5 nitrogen and oxygen atoms in total. The summed E-state index contributed by atoms with van der Waals surface area (Å²) in [7, 11) is 0. The number of nitrogens with one attached hydrogen (secondary N) is 3. The predicted molar refractivity (Wildman–Crippen MR) is 60.1 cm³/mol. The predicted octanol–water partition coefficient (Wildman–Crippen LogP) is 0.754. The Hall–Kier alpha value is -1.62. The summed E-state index contributed by atoms with van der Waals surface area (Å²) in [5, 5.41) is 12.9. The normalized spacial score (nSPS) is 23.6. The van der Waals surface area contributed by atoms with Gasteiger partial charge in [-0.25, -0.2) is 0 Å². The van der Waals surface area contributed by atoms with Crippen molar-refractivity contribution in [3.05, 3.63) is 23.9 Å². The number of anilines is 1. The number of H-pyrrole nitrogens is 1. The van der Waals surface area contributed by atoms with Gasteiger partial charge < -0.3 is 5.32 Å². The van der Waals surface area contributed by atoms with Gasteiger partial charge in [-0.1, -0.05) is 12.2 Å². The van der Waals surface area contributed by atoms with Crippen LogP contribution in [-0.4, -0.2) is 28.7 Å². The quantitative estimate of drug-likeness (QED) is 0.656. The maximum Gasteiger partial charge on any atom is 0.246 e. The standard InChI is InChI=1S/C11H14N4O/c16-11(8-2-1-5-12-8)13-10-6-9(14-15-10)7-3-4-7/h1-2,6-8,12H,3-5H2,(H2,13,14,15,16). The highest BCUT2D eigenvalue weighted by Crippen LogP contribution is 2.39. The largest absolute Gasteiger partial charge is 0.309 e. The van der Waals surface area contributed by atoms with Crippen LogP contribution in [0.3, 0.4) is 0 Å².